The predicted octanol–water partition coefficient (Wildman–Crippen LogP) is 4.58. The van der Waals surface area contributed by atoms with Crippen LogP contribution in [0.2, 0.25) is 0 Å². The maximum atomic E-state index is 15.1. The van der Waals surface area contributed by atoms with Crippen molar-refractivity contribution in [2.75, 3.05) is 36.5 Å². The molecule has 0 aliphatic heterocycles. The first-order chi connectivity index (χ1) is 16.0. The smallest absolute Gasteiger partial charge is 0.207 e. The minimum atomic E-state index is -0.946. The first-order valence-electron chi connectivity index (χ1n) is 10.2. The van der Waals surface area contributed by atoms with Crippen LogP contribution in [0.3, 0.4) is 0 Å². The molecule has 3 rings (SSSR count). The van der Waals surface area contributed by atoms with Gasteiger partial charge in [0, 0.05) is 25.5 Å². The van der Waals surface area contributed by atoms with Crippen molar-refractivity contribution in [2.24, 2.45) is 4.99 Å². The van der Waals surface area contributed by atoms with Crippen molar-refractivity contribution >= 4 is 46.2 Å². The summed E-state index contributed by atoms with van der Waals surface area (Å²) in [5.74, 6) is -1.18. The Bertz CT molecular complexity index is 1200. The van der Waals surface area contributed by atoms with E-state index in [0.29, 0.717) is 29.3 Å². The molecule has 2 heterocycles. The van der Waals surface area contributed by atoms with Gasteiger partial charge in [0.15, 0.2) is 5.82 Å². The molecule has 0 aliphatic rings. The molecule has 0 radical (unpaired) electrons. The second-order valence-corrected chi connectivity index (χ2v) is 7.66. The van der Waals surface area contributed by atoms with Gasteiger partial charge in [-0.15, -0.1) is 0 Å². The monoisotopic (exact) mass is 474 g/mol. The fourth-order valence-corrected chi connectivity index (χ4v) is 3.65. The Hall–Kier alpha value is -3.47. The number of ether oxygens (including phenoxy) is 1. The van der Waals surface area contributed by atoms with Gasteiger partial charge in [0.1, 0.15) is 23.6 Å². The first kappa shape index (κ1) is 24.2. The standard InChI is InChI=1S/C22H24F2N6O2S/c1-4-10-33-30-15-8-7-14(23)18(19(15)24)20(31)13-11-27-22-17(13)21(28-12-29-22)26-9-5-6-16(25-2)32-3/h5-8,11-12,30H,4,9-10H2,1-3H3,(H2,26,27,28,29)/b6-5-,25-16?. The van der Waals surface area contributed by atoms with Crippen LogP contribution in [0.5, 0.6) is 0 Å². The van der Waals surface area contributed by atoms with E-state index in [1.165, 1.54) is 37.6 Å². The normalized spacial score (nSPS) is 11.8. The van der Waals surface area contributed by atoms with Crippen LogP contribution in [0, 0.1) is 11.6 Å². The van der Waals surface area contributed by atoms with E-state index in [9.17, 15) is 9.18 Å². The second-order valence-electron chi connectivity index (χ2n) is 6.76. The molecule has 0 amide bonds. The maximum absolute atomic E-state index is 15.1. The van der Waals surface area contributed by atoms with E-state index < -0.39 is 23.0 Å². The summed E-state index contributed by atoms with van der Waals surface area (Å²) in [4.78, 5) is 28.3. The van der Waals surface area contributed by atoms with Gasteiger partial charge in [-0.25, -0.2) is 18.7 Å². The number of fused-ring (bicyclic) bond motifs is 1. The summed E-state index contributed by atoms with van der Waals surface area (Å²) < 4.78 is 37.5. The molecule has 0 fully saturated rings. The summed E-state index contributed by atoms with van der Waals surface area (Å²) in [6.07, 6.45) is 7.01. The van der Waals surface area contributed by atoms with Crippen molar-refractivity contribution in [3.05, 3.63) is 59.6 Å². The largest absolute Gasteiger partial charge is 0.481 e. The maximum Gasteiger partial charge on any atom is 0.207 e. The number of rotatable bonds is 10. The molecule has 0 saturated heterocycles. The highest BCUT2D eigenvalue weighted by molar-refractivity contribution is 8.00. The van der Waals surface area contributed by atoms with Gasteiger partial charge in [-0.05, 0) is 24.6 Å². The lowest BCUT2D eigenvalue weighted by molar-refractivity contribution is 0.103. The van der Waals surface area contributed by atoms with Crippen LogP contribution in [0.15, 0.2) is 41.8 Å². The minimum absolute atomic E-state index is 0.0457. The van der Waals surface area contributed by atoms with Crippen molar-refractivity contribution < 1.29 is 18.3 Å². The SMILES string of the molecule is CCCSNc1ccc(F)c(C(=O)c2c[nH]c3ncnc(NC/C=C\C(=NC)OC)c23)c1F. The van der Waals surface area contributed by atoms with E-state index in [1.54, 1.807) is 19.2 Å². The highest BCUT2D eigenvalue weighted by Crippen LogP contribution is 2.30. The molecule has 8 nitrogen and oxygen atoms in total. The first-order valence-corrected chi connectivity index (χ1v) is 11.1. The zero-order chi connectivity index (χ0) is 23.8. The Balaban J connectivity index is 1.93. The molecule has 3 aromatic rings. The zero-order valence-electron chi connectivity index (χ0n) is 18.4. The molecule has 0 spiro atoms. The number of aliphatic imine (C=N–C) groups is 1. The number of aromatic nitrogens is 3. The van der Waals surface area contributed by atoms with Crippen molar-refractivity contribution in [2.45, 2.75) is 13.3 Å². The van der Waals surface area contributed by atoms with Crippen molar-refractivity contribution in [3.63, 3.8) is 0 Å². The number of H-pyrrole nitrogens is 1. The van der Waals surface area contributed by atoms with Gasteiger partial charge in [-0.2, -0.15) is 0 Å². The summed E-state index contributed by atoms with van der Waals surface area (Å²) in [6, 6.07) is 2.35. The molecule has 0 saturated carbocycles. The molecule has 174 valence electrons. The number of methoxy groups -OCH3 is 1. The molecule has 0 bridgehead atoms. The highest BCUT2D eigenvalue weighted by Gasteiger charge is 2.25. The minimum Gasteiger partial charge on any atom is -0.481 e. The zero-order valence-corrected chi connectivity index (χ0v) is 19.2. The van der Waals surface area contributed by atoms with E-state index in [0.717, 1.165) is 18.2 Å². The third-order valence-corrected chi connectivity index (χ3v) is 5.57. The second kappa shape index (κ2) is 11.4. The third-order valence-electron chi connectivity index (χ3n) is 4.60. The average molecular weight is 475 g/mol. The molecule has 0 aliphatic carbocycles. The van der Waals surface area contributed by atoms with Crippen molar-refractivity contribution in [3.8, 4) is 0 Å². The molecule has 0 unspecified atom stereocenters. The fourth-order valence-electron chi connectivity index (χ4n) is 3.03. The number of halogens is 2. The molecule has 0 atom stereocenters. The number of benzene rings is 1. The number of ketones is 1. The molecule has 2 aromatic heterocycles. The number of nitrogens with zero attached hydrogens (tertiary/aromatic N) is 3. The number of anilines is 2. The van der Waals surface area contributed by atoms with Crippen LogP contribution in [0.1, 0.15) is 29.3 Å². The number of nitrogens with one attached hydrogen (secondary N) is 3. The summed E-state index contributed by atoms with van der Waals surface area (Å²) in [7, 11) is 3.12. The molecular formula is C22H24F2N6O2S. The van der Waals surface area contributed by atoms with Crippen LogP contribution in [-0.4, -0.2) is 53.1 Å². The van der Waals surface area contributed by atoms with E-state index in [2.05, 4.69) is 30.0 Å². The van der Waals surface area contributed by atoms with Crippen molar-refractivity contribution in [1.29, 1.82) is 0 Å². The number of carbonyl (C=O) groups excluding carboxylic acids is 1. The third kappa shape index (κ3) is 5.48. The van der Waals surface area contributed by atoms with Gasteiger partial charge in [0.2, 0.25) is 11.7 Å². The number of aromatic amines is 1. The quantitative estimate of drug-likeness (QED) is 0.130. The Morgan fingerprint density at radius 1 is 1.33 bits per heavy atom. The van der Waals surface area contributed by atoms with Crippen molar-refractivity contribution in [1.82, 2.24) is 15.0 Å². The lowest BCUT2D eigenvalue weighted by Gasteiger charge is -2.11. The summed E-state index contributed by atoms with van der Waals surface area (Å²) in [5, 5.41) is 3.41. The van der Waals surface area contributed by atoms with E-state index >= 15 is 4.39 Å². The predicted molar refractivity (Wildman–Crippen MR) is 128 cm³/mol. The number of hydrogen-bond donors (Lipinski definition) is 3. The Morgan fingerprint density at radius 2 is 2.15 bits per heavy atom. The fraction of sp³-hybridized carbons (Fsp3) is 0.273. The highest BCUT2D eigenvalue weighted by atomic mass is 32.2. The molecule has 3 N–H and O–H groups in total. The Kier molecular flexibility index (Phi) is 8.36. The van der Waals surface area contributed by atoms with Gasteiger partial charge in [-0.3, -0.25) is 9.79 Å². The van der Waals surface area contributed by atoms with Crippen LogP contribution in [-0.2, 0) is 4.74 Å². The van der Waals surface area contributed by atoms with Gasteiger partial charge in [0.05, 0.1) is 29.3 Å². The molecular weight excluding hydrogens is 450 g/mol. The van der Waals surface area contributed by atoms with E-state index in [1.807, 2.05) is 6.92 Å². The van der Waals surface area contributed by atoms with Crippen LogP contribution in [0.25, 0.3) is 11.0 Å². The topological polar surface area (TPSA) is 104 Å². The van der Waals surface area contributed by atoms with Gasteiger partial charge >= 0.3 is 0 Å². The average Bonchev–Trinajstić information content (AvgIpc) is 3.26. The Labute approximate surface area is 194 Å². The molecule has 33 heavy (non-hydrogen) atoms. The number of hydrogen-bond acceptors (Lipinski definition) is 8. The lowest BCUT2D eigenvalue weighted by Crippen LogP contribution is -2.10. The summed E-state index contributed by atoms with van der Waals surface area (Å²) in [6.45, 7) is 2.32. The van der Waals surface area contributed by atoms with Gasteiger partial charge < -0.3 is 19.8 Å². The molecule has 1 aromatic carbocycles. The summed E-state index contributed by atoms with van der Waals surface area (Å²) >= 11 is 1.28. The van der Waals surface area contributed by atoms with E-state index in [-0.39, 0.29) is 11.3 Å². The number of carbonyl (C=O) groups is 1. The van der Waals surface area contributed by atoms with Gasteiger partial charge in [0.25, 0.3) is 0 Å². The Morgan fingerprint density at radius 3 is 2.88 bits per heavy atom. The van der Waals surface area contributed by atoms with Crippen LogP contribution in [0.4, 0.5) is 20.3 Å². The lowest BCUT2D eigenvalue weighted by atomic mass is 10.0. The summed E-state index contributed by atoms with van der Waals surface area (Å²) in [5.41, 5.74) is -0.178. The van der Waals surface area contributed by atoms with Gasteiger partial charge in [-0.1, -0.05) is 24.9 Å². The van der Waals surface area contributed by atoms with Crippen LogP contribution < -0.4 is 10.0 Å². The van der Waals surface area contributed by atoms with Crippen LogP contribution >= 0.6 is 11.9 Å². The van der Waals surface area contributed by atoms with E-state index in [4.69, 9.17) is 4.74 Å². The molecule has 11 heteroatoms.